The maximum atomic E-state index is 11.9. The van der Waals surface area contributed by atoms with Crippen molar-refractivity contribution in [1.29, 1.82) is 0 Å². The first-order valence-corrected chi connectivity index (χ1v) is 6.29. The number of pyridine rings is 2. The van der Waals surface area contributed by atoms with Gasteiger partial charge in [-0.05, 0) is 47.1 Å². The van der Waals surface area contributed by atoms with Crippen LogP contribution in [0.3, 0.4) is 0 Å². The van der Waals surface area contributed by atoms with Crippen molar-refractivity contribution in [2.45, 2.75) is 13.0 Å². The standard InChI is InChI=1S/C13H12BrN3O/c1-9(11-4-2-3-7-15-11)17-13(18)12-6-5-10(14)8-16-12/h2-9H,1H3,(H,17,18). The number of carbonyl (C=O) groups excluding carboxylic acids is 1. The Hall–Kier alpha value is -1.75. The fourth-order valence-electron chi connectivity index (χ4n) is 1.49. The third-order valence-corrected chi connectivity index (χ3v) is 2.91. The smallest absolute Gasteiger partial charge is 0.270 e. The molecule has 2 aromatic rings. The second kappa shape index (κ2) is 5.73. The van der Waals surface area contributed by atoms with Crippen molar-refractivity contribution in [3.05, 3.63) is 58.6 Å². The molecule has 0 aliphatic rings. The summed E-state index contributed by atoms with van der Waals surface area (Å²) in [6.07, 6.45) is 3.30. The van der Waals surface area contributed by atoms with E-state index >= 15 is 0 Å². The molecule has 0 saturated carbocycles. The molecule has 1 amide bonds. The lowest BCUT2D eigenvalue weighted by atomic mass is 10.2. The molecule has 0 aliphatic heterocycles. The molecule has 0 radical (unpaired) electrons. The van der Waals surface area contributed by atoms with Crippen LogP contribution in [0, 0.1) is 0 Å². The molecule has 2 aromatic heterocycles. The molecular weight excluding hydrogens is 294 g/mol. The number of halogens is 1. The van der Waals surface area contributed by atoms with E-state index in [9.17, 15) is 4.79 Å². The minimum Gasteiger partial charge on any atom is -0.343 e. The van der Waals surface area contributed by atoms with Crippen LogP contribution in [0.5, 0.6) is 0 Å². The highest BCUT2D eigenvalue weighted by molar-refractivity contribution is 9.10. The maximum Gasteiger partial charge on any atom is 0.270 e. The van der Waals surface area contributed by atoms with Gasteiger partial charge in [-0.1, -0.05) is 6.07 Å². The van der Waals surface area contributed by atoms with Crippen LogP contribution in [0.2, 0.25) is 0 Å². The average molecular weight is 306 g/mol. The first kappa shape index (κ1) is 12.7. The van der Waals surface area contributed by atoms with E-state index in [1.165, 1.54) is 0 Å². The van der Waals surface area contributed by atoms with Gasteiger partial charge in [-0.2, -0.15) is 0 Å². The van der Waals surface area contributed by atoms with E-state index in [2.05, 4.69) is 31.2 Å². The van der Waals surface area contributed by atoms with Crippen molar-refractivity contribution in [1.82, 2.24) is 15.3 Å². The third-order valence-electron chi connectivity index (χ3n) is 2.44. The Balaban J connectivity index is 2.06. The zero-order valence-corrected chi connectivity index (χ0v) is 11.4. The number of amides is 1. The molecule has 2 rings (SSSR count). The van der Waals surface area contributed by atoms with Gasteiger partial charge in [0.1, 0.15) is 5.69 Å². The molecule has 92 valence electrons. The van der Waals surface area contributed by atoms with Gasteiger partial charge in [0.25, 0.3) is 5.91 Å². The molecule has 0 bridgehead atoms. The average Bonchev–Trinajstić information content (AvgIpc) is 2.40. The van der Waals surface area contributed by atoms with Gasteiger partial charge < -0.3 is 5.32 Å². The van der Waals surface area contributed by atoms with Gasteiger partial charge in [0.2, 0.25) is 0 Å². The summed E-state index contributed by atoms with van der Waals surface area (Å²) < 4.78 is 0.844. The van der Waals surface area contributed by atoms with Crippen LogP contribution in [-0.4, -0.2) is 15.9 Å². The van der Waals surface area contributed by atoms with Crippen molar-refractivity contribution in [2.24, 2.45) is 0 Å². The number of nitrogens with one attached hydrogen (secondary N) is 1. The molecule has 1 atom stereocenters. The first-order chi connectivity index (χ1) is 8.66. The molecule has 5 heteroatoms. The fraction of sp³-hybridized carbons (Fsp3) is 0.154. The van der Waals surface area contributed by atoms with Crippen LogP contribution in [0.1, 0.15) is 29.1 Å². The molecule has 0 spiro atoms. The lowest BCUT2D eigenvalue weighted by Gasteiger charge is -2.12. The van der Waals surface area contributed by atoms with Crippen molar-refractivity contribution in [3.8, 4) is 0 Å². The van der Waals surface area contributed by atoms with Crippen LogP contribution in [0.4, 0.5) is 0 Å². The number of rotatable bonds is 3. The van der Waals surface area contributed by atoms with Gasteiger partial charge in [-0.15, -0.1) is 0 Å². The van der Waals surface area contributed by atoms with Gasteiger partial charge in [0.15, 0.2) is 0 Å². The molecule has 0 aliphatic carbocycles. The summed E-state index contributed by atoms with van der Waals surface area (Å²) in [4.78, 5) is 20.2. The zero-order chi connectivity index (χ0) is 13.0. The Bertz CT molecular complexity index is 528. The quantitative estimate of drug-likeness (QED) is 0.948. The molecule has 0 aromatic carbocycles. The molecule has 1 unspecified atom stereocenters. The molecule has 1 N–H and O–H groups in total. The van der Waals surface area contributed by atoms with E-state index in [-0.39, 0.29) is 11.9 Å². The molecule has 0 fully saturated rings. The Labute approximate surface area is 114 Å². The van der Waals surface area contributed by atoms with Crippen molar-refractivity contribution < 1.29 is 4.79 Å². The number of nitrogens with zero attached hydrogens (tertiary/aromatic N) is 2. The van der Waals surface area contributed by atoms with E-state index in [0.717, 1.165) is 10.2 Å². The number of carbonyl (C=O) groups is 1. The van der Waals surface area contributed by atoms with Gasteiger partial charge >= 0.3 is 0 Å². The summed E-state index contributed by atoms with van der Waals surface area (Å²) in [6, 6.07) is 8.92. The second-order valence-corrected chi connectivity index (χ2v) is 4.73. The van der Waals surface area contributed by atoms with E-state index < -0.39 is 0 Å². The minimum atomic E-state index is -0.208. The van der Waals surface area contributed by atoms with Crippen molar-refractivity contribution >= 4 is 21.8 Å². The summed E-state index contributed by atoms with van der Waals surface area (Å²) in [5, 5.41) is 2.85. The van der Waals surface area contributed by atoms with Gasteiger partial charge in [0.05, 0.1) is 11.7 Å². The Morgan fingerprint density at radius 2 is 2.11 bits per heavy atom. The predicted molar refractivity (Wildman–Crippen MR) is 72.1 cm³/mol. The zero-order valence-electron chi connectivity index (χ0n) is 9.80. The summed E-state index contributed by atoms with van der Waals surface area (Å²) in [5.74, 6) is -0.208. The summed E-state index contributed by atoms with van der Waals surface area (Å²) >= 11 is 3.28. The monoisotopic (exact) mass is 305 g/mol. The van der Waals surface area contributed by atoms with Crippen molar-refractivity contribution in [3.63, 3.8) is 0 Å². The fourth-order valence-corrected chi connectivity index (χ4v) is 1.72. The number of hydrogen-bond acceptors (Lipinski definition) is 3. The van der Waals surface area contributed by atoms with Gasteiger partial charge in [0, 0.05) is 16.9 Å². The minimum absolute atomic E-state index is 0.149. The molecule has 0 saturated heterocycles. The first-order valence-electron chi connectivity index (χ1n) is 5.50. The van der Waals surface area contributed by atoms with Crippen molar-refractivity contribution in [2.75, 3.05) is 0 Å². The van der Waals surface area contributed by atoms with Gasteiger partial charge in [-0.25, -0.2) is 4.98 Å². The van der Waals surface area contributed by atoms with Crippen LogP contribution < -0.4 is 5.32 Å². The number of hydrogen-bond donors (Lipinski definition) is 1. The number of aromatic nitrogens is 2. The normalized spacial score (nSPS) is 11.9. The van der Waals surface area contributed by atoms with Gasteiger partial charge in [-0.3, -0.25) is 9.78 Å². The topological polar surface area (TPSA) is 54.9 Å². The Morgan fingerprint density at radius 1 is 1.28 bits per heavy atom. The highest BCUT2D eigenvalue weighted by atomic mass is 79.9. The Kier molecular flexibility index (Phi) is 4.04. The third kappa shape index (κ3) is 3.13. The summed E-state index contributed by atoms with van der Waals surface area (Å²) in [6.45, 7) is 1.89. The lowest BCUT2D eigenvalue weighted by Crippen LogP contribution is -2.27. The SMILES string of the molecule is CC(NC(=O)c1ccc(Br)cn1)c1ccccn1. The Morgan fingerprint density at radius 3 is 2.72 bits per heavy atom. The highest BCUT2D eigenvalue weighted by Crippen LogP contribution is 2.10. The molecular formula is C13H12BrN3O. The van der Waals surface area contributed by atoms with E-state index in [1.54, 1.807) is 24.5 Å². The van der Waals surface area contributed by atoms with E-state index in [1.807, 2.05) is 25.1 Å². The van der Waals surface area contributed by atoms with Crippen LogP contribution >= 0.6 is 15.9 Å². The second-order valence-electron chi connectivity index (χ2n) is 3.81. The van der Waals surface area contributed by atoms with E-state index in [0.29, 0.717) is 5.69 Å². The lowest BCUT2D eigenvalue weighted by molar-refractivity contribution is 0.0934. The van der Waals surface area contributed by atoms with Crippen LogP contribution in [0.15, 0.2) is 47.2 Å². The maximum absolute atomic E-state index is 11.9. The van der Waals surface area contributed by atoms with E-state index in [4.69, 9.17) is 0 Å². The largest absolute Gasteiger partial charge is 0.343 e. The summed E-state index contributed by atoms with van der Waals surface area (Å²) in [5.41, 5.74) is 1.21. The molecule has 18 heavy (non-hydrogen) atoms. The summed E-state index contributed by atoms with van der Waals surface area (Å²) in [7, 11) is 0. The highest BCUT2D eigenvalue weighted by Gasteiger charge is 2.12. The predicted octanol–water partition coefficient (Wildman–Crippen LogP) is 2.73. The molecule has 2 heterocycles. The van der Waals surface area contributed by atoms with Crippen LogP contribution in [0.25, 0.3) is 0 Å². The van der Waals surface area contributed by atoms with Crippen LogP contribution in [-0.2, 0) is 0 Å². The molecule has 4 nitrogen and oxygen atoms in total.